The van der Waals surface area contributed by atoms with E-state index in [4.69, 9.17) is 4.42 Å². The highest BCUT2D eigenvalue weighted by Crippen LogP contribution is 2.24. The summed E-state index contributed by atoms with van der Waals surface area (Å²) in [5.74, 6) is -0.565. The van der Waals surface area contributed by atoms with Gasteiger partial charge in [-0.1, -0.05) is 6.07 Å². The van der Waals surface area contributed by atoms with Gasteiger partial charge in [-0.25, -0.2) is 4.39 Å². The number of aliphatic hydroxyl groups is 1. The molecule has 1 aromatic heterocycles. The molecule has 1 fully saturated rings. The standard InChI is InChI=1S/C17H19FN2O3/c18-15-9-12(10-19-17(22)13-5-8-23-11-13)1-2-16(15)20-6-3-14(21)4-7-20/h1-2,5,8-9,11,14,21H,3-4,6-7,10H2,(H,19,22). The van der Waals surface area contributed by atoms with Crippen LogP contribution in [0.3, 0.4) is 0 Å². The highest BCUT2D eigenvalue weighted by Gasteiger charge is 2.19. The van der Waals surface area contributed by atoms with Crippen molar-refractivity contribution < 1.29 is 18.7 Å². The average molecular weight is 318 g/mol. The second-order valence-electron chi connectivity index (χ2n) is 5.70. The molecule has 2 N–H and O–H groups in total. The molecule has 23 heavy (non-hydrogen) atoms. The Kier molecular flexibility index (Phi) is 4.62. The quantitative estimate of drug-likeness (QED) is 0.908. The molecule has 0 atom stereocenters. The van der Waals surface area contributed by atoms with Crippen LogP contribution in [0.15, 0.2) is 41.2 Å². The summed E-state index contributed by atoms with van der Waals surface area (Å²) in [7, 11) is 0. The van der Waals surface area contributed by atoms with E-state index in [0.29, 0.717) is 42.7 Å². The van der Waals surface area contributed by atoms with Crippen molar-refractivity contribution in [1.29, 1.82) is 0 Å². The molecule has 1 aliphatic heterocycles. The molecule has 3 rings (SSSR count). The lowest BCUT2D eigenvalue weighted by atomic mass is 10.1. The zero-order valence-corrected chi connectivity index (χ0v) is 12.7. The van der Waals surface area contributed by atoms with Crippen molar-refractivity contribution in [2.75, 3.05) is 18.0 Å². The Balaban J connectivity index is 1.61. The minimum atomic E-state index is -0.309. The highest BCUT2D eigenvalue weighted by atomic mass is 19.1. The smallest absolute Gasteiger partial charge is 0.254 e. The van der Waals surface area contributed by atoms with Gasteiger partial charge < -0.3 is 19.7 Å². The number of benzene rings is 1. The summed E-state index contributed by atoms with van der Waals surface area (Å²) in [5.41, 5.74) is 1.68. The molecule has 122 valence electrons. The first-order valence-corrected chi connectivity index (χ1v) is 7.65. The van der Waals surface area contributed by atoms with Crippen LogP contribution in [0.1, 0.15) is 28.8 Å². The lowest BCUT2D eigenvalue weighted by Gasteiger charge is -2.31. The number of carbonyl (C=O) groups excluding carboxylic acids is 1. The first-order valence-electron chi connectivity index (χ1n) is 7.65. The molecule has 2 aromatic rings. The topological polar surface area (TPSA) is 65.7 Å². The van der Waals surface area contributed by atoms with Gasteiger partial charge in [-0.05, 0) is 36.6 Å². The number of amides is 1. The fourth-order valence-electron chi connectivity index (χ4n) is 2.70. The molecule has 0 saturated carbocycles. The minimum Gasteiger partial charge on any atom is -0.472 e. The Morgan fingerprint density at radius 2 is 2.13 bits per heavy atom. The predicted octanol–water partition coefficient (Wildman–Crippen LogP) is 2.31. The Morgan fingerprint density at radius 3 is 2.78 bits per heavy atom. The Hall–Kier alpha value is -2.34. The zero-order valence-electron chi connectivity index (χ0n) is 12.7. The van der Waals surface area contributed by atoms with Crippen molar-refractivity contribution in [2.24, 2.45) is 0 Å². The summed E-state index contributed by atoms with van der Waals surface area (Å²) < 4.78 is 19.2. The number of piperidine rings is 1. The van der Waals surface area contributed by atoms with E-state index in [0.717, 1.165) is 0 Å². The van der Waals surface area contributed by atoms with E-state index >= 15 is 0 Å². The van der Waals surface area contributed by atoms with E-state index in [1.165, 1.54) is 18.6 Å². The molecular formula is C17H19FN2O3. The van der Waals surface area contributed by atoms with Crippen LogP contribution < -0.4 is 10.2 Å². The second-order valence-corrected chi connectivity index (χ2v) is 5.70. The van der Waals surface area contributed by atoms with Gasteiger partial charge in [0.15, 0.2) is 0 Å². The molecule has 1 amide bonds. The van der Waals surface area contributed by atoms with Gasteiger partial charge in [0.1, 0.15) is 12.1 Å². The van der Waals surface area contributed by atoms with Crippen LogP contribution in [-0.4, -0.2) is 30.2 Å². The molecule has 1 aromatic carbocycles. The van der Waals surface area contributed by atoms with Crippen molar-refractivity contribution in [1.82, 2.24) is 5.32 Å². The largest absolute Gasteiger partial charge is 0.472 e. The SMILES string of the molecule is O=C(NCc1ccc(N2CCC(O)CC2)c(F)c1)c1ccoc1. The van der Waals surface area contributed by atoms with Crippen LogP contribution in [0.25, 0.3) is 0 Å². The normalized spacial score (nSPS) is 15.7. The summed E-state index contributed by atoms with van der Waals surface area (Å²) in [6.45, 7) is 1.54. The van der Waals surface area contributed by atoms with E-state index in [1.54, 1.807) is 18.2 Å². The van der Waals surface area contributed by atoms with Crippen molar-refractivity contribution in [3.05, 3.63) is 53.7 Å². The van der Waals surface area contributed by atoms with Crippen LogP contribution in [-0.2, 0) is 6.54 Å². The third kappa shape index (κ3) is 3.71. The number of hydrogen-bond donors (Lipinski definition) is 2. The van der Waals surface area contributed by atoms with Crippen LogP contribution in [0.5, 0.6) is 0 Å². The van der Waals surface area contributed by atoms with Gasteiger partial charge in [-0.2, -0.15) is 0 Å². The summed E-state index contributed by atoms with van der Waals surface area (Å²) in [5, 5.41) is 12.2. The van der Waals surface area contributed by atoms with Gasteiger partial charge in [0, 0.05) is 19.6 Å². The number of aliphatic hydroxyl groups excluding tert-OH is 1. The molecular weight excluding hydrogens is 299 g/mol. The highest BCUT2D eigenvalue weighted by molar-refractivity contribution is 5.93. The molecule has 6 heteroatoms. The predicted molar refractivity (Wildman–Crippen MR) is 83.7 cm³/mol. The summed E-state index contributed by atoms with van der Waals surface area (Å²) >= 11 is 0. The number of hydrogen-bond acceptors (Lipinski definition) is 4. The van der Waals surface area contributed by atoms with E-state index in [-0.39, 0.29) is 24.4 Å². The molecule has 0 radical (unpaired) electrons. The summed E-state index contributed by atoms with van der Waals surface area (Å²) in [6.07, 6.45) is 3.82. The van der Waals surface area contributed by atoms with E-state index in [9.17, 15) is 14.3 Å². The third-order valence-electron chi connectivity index (χ3n) is 4.05. The Bertz CT molecular complexity index is 664. The van der Waals surface area contributed by atoms with E-state index < -0.39 is 0 Å². The van der Waals surface area contributed by atoms with Gasteiger partial charge in [-0.15, -0.1) is 0 Å². The third-order valence-corrected chi connectivity index (χ3v) is 4.05. The molecule has 1 saturated heterocycles. The molecule has 0 aliphatic carbocycles. The van der Waals surface area contributed by atoms with Gasteiger partial charge in [0.25, 0.3) is 5.91 Å². The van der Waals surface area contributed by atoms with Crippen molar-refractivity contribution in [3.8, 4) is 0 Å². The van der Waals surface area contributed by atoms with Gasteiger partial charge in [-0.3, -0.25) is 4.79 Å². The Morgan fingerprint density at radius 1 is 1.35 bits per heavy atom. The fourth-order valence-corrected chi connectivity index (χ4v) is 2.70. The average Bonchev–Trinajstić information content (AvgIpc) is 3.08. The molecule has 1 aliphatic rings. The molecule has 0 unspecified atom stereocenters. The van der Waals surface area contributed by atoms with Crippen LogP contribution >= 0.6 is 0 Å². The lowest BCUT2D eigenvalue weighted by Crippen LogP contribution is -2.36. The summed E-state index contributed by atoms with van der Waals surface area (Å²) in [6, 6.07) is 6.55. The van der Waals surface area contributed by atoms with E-state index in [1.807, 2.05) is 4.90 Å². The molecule has 2 heterocycles. The van der Waals surface area contributed by atoms with E-state index in [2.05, 4.69) is 5.32 Å². The van der Waals surface area contributed by atoms with Crippen LogP contribution in [0.4, 0.5) is 10.1 Å². The summed E-state index contributed by atoms with van der Waals surface area (Å²) in [4.78, 5) is 13.8. The number of furan rings is 1. The molecule has 0 spiro atoms. The van der Waals surface area contributed by atoms with Gasteiger partial charge in [0.05, 0.1) is 23.6 Å². The maximum atomic E-state index is 14.3. The Labute approximate surface area is 133 Å². The van der Waals surface area contributed by atoms with Crippen molar-refractivity contribution in [3.63, 3.8) is 0 Å². The number of rotatable bonds is 4. The number of anilines is 1. The molecule has 0 bridgehead atoms. The number of halogens is 1. The number of carbonyl (C=O) groups is 1. The van der Waals surface area contributed by atoms with Gasteiger partial charge >= 0.3 is 0 Å². The maximum absolute atomic E-state index is 14.3. The van der Waals surface area contributed by atoms with Crippen molar-refractivity contribution in [2.45, 2.75) is 25.5 Å². The number of nitrogens with zero attached hydrogens (tertiary/aromatic N) is 1. The van der Waals surface area contributed by atoms with Crippen LogP contribution in [0, 0.1) is 5.82 Å². The second kappa shape index (κ2) is 6.83. The first kappa shape index (κ1) is 15.6. The first-order chi connectivity index (χ1) is 11.1. The zero-order chi connectivity index (χ0) is 16.2. The van der Waals surface area contributed by atoms with Crippen LogP contribution in [0.2, 0.25) is 0 Å². The fraction of sp³-hybridized carbons (Fsp3) is 0.353. The minimum absolute atomic E-state index is 0.250. The monoisotopic (exact) mass is 318 g/mol. The maximum Gasteiger partial charge on any atom is 0.254 e. The number of nitrogens with one attached hydrogen (secondary N) is 1. The van der Waals surface area contributed by atoms with Crippen molar-refractivity contribution >= 4 is 11.6 Å². The lowest BCUT2D eigenvalue weighted by molar-refractivity contribution is 0.0950. The van der Waals surface area contributed by atoms with Gasteiger partial charge in [0.2, 0.25) is 0 Å². The molecule has 5 nitrogen and oxygen atoms in total.